The van der Waals surface area contributed by atoms with E-state index in [1.165, 1.54) is 212 Å². The Morgan fingerprint density at radius 2 is 0.480 bits per heavy atom. The van der Waals surface area contributed by atoms with Crippen LogP contribution in [0.15, 0.2) is 0 Å². The number of carbonyl (C=O) groups is 4. The van der Waals surface area contributed by atoms with Crippen molar-refractivity contribution in [3.63, 3.8) is 0 Å². The summed E-state index contributed by atoms with van der Waals surface area (Å²) in [6.45, 7) is 14.2. The van der Waals surface area contributed by atoms with Gasteiger partial charge in [-0.3, -0.25) is 37.3 Å². The van der Waals surface area contributed by atoms with Crippen molar-refractivity contribution in [2.45, 2.75) is 433 Å². The third-order valence-corrected chi connectivity index (χ3v) is 21.1. The Morgan fingerprint density at radius 3 is 0.710 bits per heavy atom. The molecule has 3 unspecified atom stereocenters. The Bertz CT molecular complexity index is 1960. The number of ether oxygens (including phenoxy) is 4. The maximum Gasteiger partial charge on any atom is 0.472 e. The second kappa shape index (κ2) is 70.1. The van der Waals surface area contributed by atoms with Crippen LogP contribution in [0.3, 0.4) is 0 Å². The van der Waals surface area contributed by atoms with Crippen LogP contribution in [-0.4, -0.2) is 96.7 Å². The average Bonchev–Trinajstić information content (AvgIpc) is 0.917. The summed E-state index contributed by atoms with van der Waals surface area (Å²) in [4.78, 5) is 73.0. The summed E-state index contributed by atoms with van der Waals surface area (Å²) in [6, 6.07) is 0. The standard InChI is InChI=1S/C81H158O17P2/c1-9-74(8)60-52-44-39-40-46-54-62-79(84)92-68-77(98-81(86)64-55-47-37-30-24-20-15-13-11-10-12-14-18-22-27-33-41-49-57-71(2)3)70-96-100(89,90)94-66-75(82)65-93-99(87,88)95-69-76(67-91-78(83)61-53-45-36-32-26-29-35-43-51-59-73(6)7)97-80(85)63-56-48-38-31-25-21-17-16-19-23-28-34-42-50-58-72(4)5/h71-77,82H,9-70H2,1-8H3,(H,87,88)(H,89,90)/t74?,75-,76-,77-/m1/s1. The number of unbranched alkanes of at least 4 members (excludes halogenated alkanes) is 43. The molecular formula is C81H158O17P2. The molecule has 0 aliphatic heterocycles. The molecule has 594 valence electrons. The van der Waals surface area contributed by atoms with Crippen molar-refractivity contribution in [2.75, 3.05) is 39.6 Å². The molecule has 3 N–H and O–H groups in total. The molecule has 19 heteroatoms. The second-order valence-electron chi connectivity index (χ2n) is 30.8. The molecule has 100 heavy (non-hydrogen) atoms. The van der Waals surface area contributed by atoms with Gasteiger partial charge >= 0.3 is 39.5 Å². The molecule has 0 radical (unpaired) electrons. The maximum absolute atomic E-state index is 13.1. The van der Waals surface area contributed by atoms with Gasteiger partial charge in [0.1, 0.15) is 19.3 Å². The molecule has 0 saturated heterocycles. The molecule has 0 spiro atoms. The summed E-state index contributed by atoms with van der Waals surface area (Å²) in [5, 5.41) is 10.6. The smallest absolute Gasteiger partial charge is 0.462 e. The maximum atomic E-state index is 13.1. The topological polar surface area (TPSA) is 237 Å². The zero-order valence-electron chi connectivity index (χ0n) is 65.8. The van der Waals surface area contributed by atoms with Crippen molar-refractivity contribution in [3.8, 4) is 0 Å². The lowest BCUT2D eigenvalue weighted by atomic mass is 10.00. The van der Waals surface area contributed by atoms with Crippen LogP contribution < -0.4 is 0 Å². The monoisotopic (exact) mass is 1470 g/mol. The van der Waals surface area contributed by atoms with Gasteiger partial charge in [0.25, 0.3) is 0 Å². The molecule has 0 aromatic rings. The lowest BCUT2D eigenvalue weighted by Crippen LogP contribution is -2.30. The highest BCUT2D eigenvalue weighted by molar-refractivity contribution is 7.47. The van der Waals surface area contributed by atoms with Crippen molar-refractivity contribution in [2.24, 2.45) is 23.7 Å². The first kappa shape index (κ1) is 98.1. The lowest BCUT2D eigenvalue weighted by Gasteiger charge is -2.21. The first-order valence-corrected chi connectivity index (χ1v) is 44.7. The molecule has 0 aromatic heterocycles. The molecule has 0 heterocycles. The SMILES string of the molecule is CCC(C)CCCCCCCCC(=O)OC[C@H](COP(=O)(O)OC[C@H](O)COP(=O)(O)OC[C@@H](COC(=O)CCCCCCCCCCCC(C)C)OC(=O)CCCCCCCCCCCCCCCCC(C)C)OC(=O)CCCCCCCCCCCCCCCCCCCCC(C)C. The zero-order valence-corrected chi connectivity index (χ0v) is 67.6. The van der Waals surface area contributed by atoms with Crippen LogP contribution in [0, 0.1) is 23.7 Å². The molecular weight excluding hydrogens is 1310 g/mol. The largest absolute Gasteiger partial charge is 0.472 e. The van der Waals surface area contributed by atoms with Gasteiger partial charge in [0, 0.05) is 25.7 Å². The molecule has 0 aromatic carbocycles. The summed E-state index contributed by atoms with van der Waals surface area (Å²) in [5.41, 5.74) is 0. The van der Waals surface area contributed by atoms with E-state index < -0.39 is 97.5 Å². The van der Waals surface area contributed by atoms with Crippen LogP contribution in [-0.2, 0) is 65.4 Å². The first-order valence-electron chi connectivity index (χ1n) is 41.7. The molecule has 0 bridgehead atoms. The minimum absolute atomic E-state index is 0.107. The highest BCUT2D eigenvalue weighted by Crippen LogP contribution is 2.45. The van der Waals surface area contributed by atoms with Gasteiger partial charge in [-0.15, -0.1) is 0 Å². The van der Waals surface area contributed by atoms with E-state index in [0.29, 0.717) is 25.7 Å². The Balaban J connectivity index is 5.20. The van der Waals surface area contributed by atoms with E-state index in [1.54, 1.807) is 0 Å². The third kappa shape index (κ3) is 73.0. The minimum Gasteiger partial charge on any atom is -0.462 e. The molecule has 6 atom stereocenters. The van der Waals surface area contributed by atoms with Gasteiger partial charge in [-0.05, 0) is 49.4 Å². The van der Waals surface area contributed by atoms with E-state index in [0.717, 1.165) is 120 Å². The molecule has 0 saturated carbocycles. The molecule has 0 fully saturated rings. The van der Waals surface area contributed by atoms with Crippen molar-refractivity contribution in [1.82, 2.24) is 0 Å². The van der Waals surface area contributed by atoms with E-state index in [-0.39, 0.29) is 25.7 Å². The summed E-state index contributed by atoms with van der Waals surface area (Å²) in [6.07, 6.45) is 57.0. The number of aliphatic hydroxyl groups is 1. The number of rotatable bonds is 78. The lowest BCUT2D eigenvalue weighted by molar-refractivity contribution is -0.161. The van der Waals surface area contributed by atoms with Crippen LogP contribution in [0.2, 0.25) is 0 Å². The van der Waals surface area contributed by atoms with Crippen LogP contribution in [0.25, 0.3) is 0 Å². The van der Waals surface area contributed by atoms with Crippen molar-refractivity contribution >= 4 is 39.5 Å². The zero-order chi connectivity index (χ0) is 73.8. The normalized spacial score (nSPS) is 14.3. The van der Waals surface area contributed by atoms with Gasteiger partial charge in [0.05, 0.1) is 26.4 Å². The molecule has 17 nitrogen and oxygen atoms in total. The highest BCUT2D eigenvalue weighted by atomic mass is 31.2. The van der Waals surface area contributed by atoms with Crippen LogP contribution in [0.5, 0.6) is 0 Å². The second-order valence-corrected chi connectivity index (χ2v) is 33.7. The van der Waals surface area contributed by atoms with Crippen LogP contribution >= 0.6 is 15.6 Å². The van der Waals surface area contributed by atoms with E-state index in [1.807, 2.05) is 0 Å². The Hall–Kier alpha value is -1.94. The predicted octanol–water partition coefficient (Wildman–Crippen LogP) is 24.0. The van der Waals surface area contributed by atoms with E-state index >= 15 is 0 Å². The van der Waals surface area contributed by atoms with Crippen molar-refractivity contribution < 1.29 is 80.2 Å². The quantitative estimate of drug-likeness (QED) is 0.0222. The summed E-state index contributed by atoms with van der Waals surface area (Å²) >= 11 is 0. The van der Waals surface area contributed by atoms with Crippen LogP contribution in [0.1, 0.15) is 415 Å². The van der Waals surface area contributed by atoms with E-state index in [9.17, 15) is 43.2 Å². The van der Waals surface area contributed by atoms with Crippen molar-refractivity contribution in [3.05, 3.63) is 0 Å². The number of carbonyl (C=O) groups excluding carboxylic acids is 4. The molecule has 0 rings (SSSR count). The number of esters is 4. The molecule has 0 aliphatic rings. The third-order valence-electron chi connectivity index (χ3n) is 19.2. The number of phosphoric ester groups is 2. The minimum atomic E-state index is -4.96. The van der Waals surface area contributed by atoms with Gasteiger partial charge in [0.15, 0.2) is 12.2 Å². The highest BCUT2D eigenvalue weighted by Gasteiger charge is 2.30. The number of hydrogen-bond acceptors (Lipinski definition) is 15. The summed E-state index contributed by atoms with van der Waals surface area (Å²) < 4.78 is 68.7. The van der Waals surface area contributed by atoms with Gasteiger partial charge in [-0.2, -0.15) is 0 Å². The predicted molar refractivity (Wildman–Crippen MR) is 409 cm³/mol. The molecule has 0 amide bonds. The van der Waals surface area contributed by atoms with E-state index in [2.05, 4.69) is 55.4 Å². The fourth-order valence-electron chi connectivity index (χ4n) is 12.4. The number of hydrogen-bond donors (Lipinski definition) is 3. The van der Waals surface area contributed by atoms with Gasteiger partial charge in [-0.25, -0.2) is 9.13 Å². The van der Waals surface area contributed by atoms with Gasteiger partial charge < -0.3 is 33.8 Å². The Morgan fingerprint density at radius 1 is 0.280 bits per heavy atom. The Labute approximate surface area is 613 Å². The van der Waals surface area contributed by atoms with Gasteiger partial charge in [-0.1, -0.05) is 364 Å². The fraction of sp³-hybridized carbons (Fsp3) is 0.951. The average molecular weight is 1470 g/mol. The van der Waals surface area contributed by atoms with Gasteiger partial charge in [0.2, 0.25) is 0 Å². The number of aliphatic hydroxyl groups excluding tert-OH is 1. The number of phosphoric acid groups is 2. The molecule has 0 aliphatic carbocycles. The summed E-state index contributed by atoms with van der Waals surface area (Å²) in [7, 11) is -9.92. The fourth-order valence-corrected chi connectivity index (χ4v) is 14.0. The van der Waals surface area contributed by atoms with Crippen LogP contribution in [0.4, 0.5) is 0 Å². The Kier molecular flexibility index (Phi) is 68.7. The first-order chi connectivity index (χ1) is 48.1. The van der Waals surface area contributed by atoms with Crippen molar-refractivity contribution in [1.29, 1.82) is 0 Å². The van der Waals surface area contributed by atoms with E-state index in [4.69, 9.17) is 37.0 Å². The summed E-state index contributed by atoms with van der Waals surface area (Å²) in [5.74, 6) is 0.974.